The van der Waals surface area contributed by atoms with E-state index in [-0.39, 0.29) is 17.0 Å². The van der Waals surface area contributed by atoms with Gasteiger partial charge in [0.15, 0.2) is 0 Å². The van der Waals surface area contributed by atoms with E-state index in [0.29, 0.717) is 21.5 Å². The zero-order valence-electron chi connectivity index (χ0n) is 19.6. The van der Waals surface area contributed by atoms with Crippen LogP contribution in [0.5, 0.6) is 11.5 Å². The number of rotatable bonds is 11. The van der Waals surface area contributed by atoms with Crippen LogP contribution in [0.4, 0.5) is 0 Å². The number of β-amino-alcohol motifs (C(OH)–C–C–N with tert-alkyl or cyclic N) is 1. The summed E-state index contributed by atoms with van der Waals surface area (Å²) in [5.74, 6) is 0.697. The molecule has 3 rings (SSSR count). The van der Waals surface area contributed by atoms with Crippen molar-refractivity contribution in [3.8, 4) is 11.5 Å². The second kappa shape index (κ2) is 11.0. The van der Waals surface area contributed by atoms with Crippen LogP contribution in [0.1, 0.15) is 57.8 Å². The Labute approximate surface area is 197 Å². The summed E-state index contributed by atoms with van der Waals surface area (Å²) in [5.41, 5.74) is 1.96. The van der Waals surface area contributed by atoms with Gasteiger partial charge in [0, 0.05) is 30.6 Å². The molecule has 33 heavy (non-hydrogen) atoms. The molecule has 3 aromatic rings. The highest BCUT2D eigenvalue weighted by Crippen LogP contribution is 2.31. The lowest BCUT2D eigenvalue weighted by molar-refractivity contribution is -0.131. The summed E-state index contributed by atoms with van der Waals surface area (Å²) in [6, 6.07) is 11.3. The van der Waals surface area contributed by atoms with Gasteiger partial charge in [-0.15, -0.1) is 0 Å². The Morgan fingerprint density at radius 2 is 1.94 bits per heavy atom. The van der Waals surface area contributed by atoms with E-state index in [0.717, 1.165) is 48.5 Å². The molecule has 0 aliphatic carbocycles. The molecule has 8 heteroatoms. The zero-order chi connectivity index (χ0) is 24.0. The molecule has 1 aromatic heterocycles. The highest BCUT2D eigenvalue weighted by atomic mass is 32.1. The average Bonchev–Trinajstić information content (AvgIpc) is 3.12. The first-order valence-electron chi connectivity index (χ1n) is 11.2. The molecule has 178 valence electrons. The van der Waals surface area contributed by atoms with Crippen molar-refractivity contribution in [2.24, 2.45) is 0 Å². The lowest BCUT2D eigenvalue weighted by Crippen LogP contribution is -2.43. The Balaban J connectivity index is 1.66. The minimum atomic E-state index is -0.886. The van der Waals surface area contributed by atoms with Crippen LogP contribution in [0.3, 0.4) is 0 Å². The summed E-state index contributed by atoms with van der Waals surface area (Å²) < 4.78 is 11.6. The molecule has 3 N–H and O–H groups in total. The molecular formula is C25H32N2O5S. The summed E-state index contributed by atoms with van der Waals surface area (Å²) >= 11 is 1.03. The van der Waals surface area contributed by atoms with Crippen LogP contribution in [0, 0.1) is 0 Å². The number of hydrogen-bond acceptors (Lipinski definition) is 7. The molecule has 0 saturated carbocycles. The Hall–Kier alpha value is -2.68. The molecule has 0 fully saturated rings. The molecule has 0 saturated heterocycles. The van der Waals surface area contributed by atoms with Crippen LogP contribution in [0.15, 0.2) is 41.2 Å². The number of hydrogen-bond donors (Lipinski definition) is 3. The largest absolute Gasteiger partial charge is 0.494 e. The predicted molar refractivity (Wildman–Crippen MR) is 131 cm³/mol. The number of ether oxygens (including phenoxy) is 2. The summed E-state index contributed by atoms with van der Waals surface area (Å²) in [5, 5.41) is 14.3. The highest BCUT2D eigenvalue weighted by Gasteiger charge is 2.22. The van der Waals surface area contributed by atoms with E-state index in [4.69, 9.17) is 9.47 Å². The maximum atomic E-state index is 11.9. The summed E-state index contributed by atoms with van der Waals surface area (Å²) in [6.45, 7) is 8.59. The number of aliphatic hydroxyl groups excluding tert-OH is 1. The van der Waals surface area contributed by atoms with E-state index in [9.17, 15) is 14.7 Å². The van der Waals surface area contributed by atoms with Crippen molar-refractivity contribution in [1.82, 2.24) is 10.3 Å². The third-order valence-electron chi connectivity index (χ3n) is 5.25. The fraction of sp³-hybridized carbons (Fsp3) is 0.440. The maximum Gasteiger partial charge on any atom is 0.308 e. The number of aromatic amines is 1. The van der Waals surface area contributed by atoms with Crippen LogP contribution >= 0.6 is 11.3 Å². The third-order valence-corrected chi connectivity index (χ3v) is 6.20. The average molecular weight is 473 g/mol. The monoisotopic (exact) mass is 472 g/mol. The second-order valence-electron chi connectivity index (χ2n) is 8.80. The summed E-state index contributed by atoms with van der Waals surface area (Å²) in [6.07, 6.45) is 2.01. The van der Waals surface area contributed by atoms with Crippen molar-refractivity contribution in [2.75, 3.05) is 13.2 Å². The Kier molecular flexibility index (Phi) is 8.29. The quantitative estimate of drug-likeness (QED) is 0.218. The molecule has 2 aromatic carbocycles. The van der Waals surface area contributed by atoms with Gasteiger partial charge in [0.1, 0.15) is 11.5 Å². The molecule has 7 nitrogen and oxygen atoms in total. The van der Waals surface area contributed by atoms with Crippen LogP contribution in [-0.2, 0) is 11.2 Å². The van der Waals surface area contributed by atoms with Gasteiger partial charge in [-0.1, -0.05) is 36.8 Å². The fourth-order valence-corrected chi connectivity index (χ4v) is 4.50. The van der Waals surface area contributed by atoms with Gasteiger partial charge in [0.05, 0.1) is 22.9 Å². The molecule has 1 atom stereocenters. The van der Waals surface area contributed by atoms with Crippen molar-refractivity contribution in [2.45, 2.75) is 58.6 Å². The highest BCUT2D eigenvalue weighted by molar-refractivity contribution is 7.16. The standard InChI is InChI=1S/C25H32N2O5S/c1-5-6-11-31-18-9-7-17(8-10-18)14-25(3,4)26-15-22(29)20-12-19(32-16(2)28)13-21-23(20)33-24(30)27-21/h7-10,12-13,22,26,29H,5-6,11,14-15H2,1-4H3,(H,27,30)/t22-/m0/s1. The number of aliphatic hydroxyl groups is 1. The topological polar surface area (TPSA) is 101 Å². The van der Waals surface area contributed by atoms with Crippen molar-refractivity contribution < 1.29 is 19.4 Å². The number of aromatic nitrogens is 1. The van der Waals surface area contributed by atoms with Crippen LogP contribution in [-0.4, -0.2) is 34.8 Å². The Morgan fingerprint density at radius 1 is 1.21 bits per heavy atom. The molecule has 0 spiro atoms. The van der Waals surface area contributed by atoms with Crippen molar-refractivity contribution in [3.63, 3.8) is 0 Å². The van der Waals surface area contributed by atoms with Crippen molar-refractivity contribution >= 4 is 27.5 Å². The van der Waals surface area contributed by atoms with Crippen LogP contribution in [0.2, 0.25) is 0 Å². The van der Waals surface area contributed by atoms with Crippen LogP contribution in [0.25, 0.3) is 10.2 Å². The number of esters is 1. The van der Waals surface area contributed by atoms with Gasteiger partial charge >= 0.3 is 10.8 Å². The van der Waals surface area contributed by atoms with Gasteiger partial charge in [-0.2, -0.15) is 0 Å². The zero-order valence-corrected chi connectivity index (χ0v) is 20.4. The number of fused-ring (bicyclic) bond motifs is 1. The van der Waals surface area contributed by atoms with Crippen LogP contribution < -0.4 is 19.7 Å². The normalized spacial score (nSPS) is 12.6. The van der Waals surface area contributed by atoms with Crippen molar-refractivity contribution in [3.05, 3.63) is 57.2 Å². The SMILES string of the molecule is CCCCOc1ccc(CC(C)(C)NC[C@H](O)c2cc(OC(C)=O)cc3[nH]c(=O)sc23)cc1. The molecule has 0 unspecified atom stereocenters. The first-order chi connectivity index (χ1) is 15.7. The summed E-state index contributed by atoms with van der Waals surface area (Å²) in [4.78, 5) is 25.7. The van der Waals surface area contributed by atoms with Gasteiger partial charge in [-0.25, -0.2) is 0 Å². The molecule has 0 aliphatic rings. The molecule has 0 aliphatic heterocycles. The van der Waals surface area contributed by atoms with E-state index in [1.807, 2.05) is 12.1 Å². The molecular weight excluding hydrogens is 440 g/mol. The van der Waals surface area contributed by atoms with Gasteiger partial charge in [-0.3, -0.25) is 9.59 Å². The lowest BCUT2D eigenvalue weighted by Gasteiger charge is -2.28. The fourth-order valence-electron chi connectivity index (χ4n) is 3.62. The van der Waals surface area contributed by atoms with E-state index in [1.165, 1.54) is 6.92 Å². The van der Waals surface area contributed by atoms with Gasteiger partial charge in [-0.05, 0) is 50.5 Å². The number of carbonyl (C=O) groups is 1. The maximum absolute atomic E-state index is 11.9. The Morgan fingerprint density at radius 3 is 2.61 bits per heavy atom. The number of unbranched alkanes of at least 4 members (excludes halogenated alkanes) is 1. The number of benzene rings is 2. The predicted octanol–water partition coefficient (Wildman–Crippen LogP) is 4.34. The van der Waals surface area contributed by atoms with E-state index in [2.05, 4.69) is 43.2 Å². The molecule has 0 radical (unpaired) electrons. The summed E-state index contributed by atoms with van der Waals surface area (Å²) in [7, 11) is 0. The molecule has 1 heterocycles. The van der Waals surface area contributed by atoms with E-state index in [1.54, 1.807) is 12.1 Å². The Bertz CT molecular complexity index is 1130. The minimum Gasteiger partial charge on any atom is -0.494 e. The third kappa shape index (κ3) is 7.15. The lowest BCUT2D eigenvalue weighted by atomic mass is 9.94. The van der Waals surface area contributed by atoms with E-state index < -0.39 is 12.1 Å². The number of nitrogens with one attached hydrogen (secondary N) is 2. The van der Waals surface area contributed by atoms with Crippen molar-refractivity contribution in [1.29, 1.82) is 0 Å². The molecule has 0 bridgehead atoms. The van der Waals surface area contributed by atoms with Gasteiger partial charge in [0.25, 0.3) is 0 Å². The van der Waals surface area contributed by atoms with Gasteiger partial charge in [0.2, 0.25) is 0 Å². The first kappa shape index (κ1) is 25.0. The second-order valence-corrected chi connectivity index (χ2v) is 9.78. The number of H-pyrrole nitrogens is 1. The molecule has 0 amide bonds. The smallest absolute Gasteiger partial charge is 0.308 e. The number of carbonyl (C=O) groups excluding carboxylic acids is 1. The number of thiazole rings is 1. The van der Waals surface area contributed by atoms with E-state index >= 15 is 0 Å². The minimum absolute atomic E-state index is 0.228. The first-order valence-corrected chi connectivity index (χ1v) is 12.0. The van der Waals surface area contributed by atoms with Gasteiger partial charge < -0.3 is 24.9 Å².